The lowest BCUT2D eigenvalue weighted by Crippen LogP contribution is -2.04. The molecule has 0 bridgehead atoms. The molecule has 0 aliphatic rings. The summed E-state index contributed by atoms with van der Waals surface area (Å²) in [6.07, 6.45) is 0. The molecular weight excluding hydrogens is 1100 g/mol. The molecule has 90 heavy (non-hydrogen) atoms. The molecule has 0 aliphatic carbocycles. The van der Waals surface area contributed by atoms with Crippen LogP contribution in [0, 0.1) is 11.3 Å². The van der Waals surface area contributed by atoms with Gasteiger partial charge in [-0.2, -0.15) is 5.26 Å². The van der Waals surface area contributed by atoms with E-state index < -0.39 is 0 Å². The largest absolute Gasteiger partial charge is 0.309 e. The van der Waals surface area contributed by atoms with Gasteiger partial charge in [-0.3, -0.25) is 0 Å². The standard InChI is InChI=1S/C82H50N8/c83-51-52-22-21-27-55(48-52)56-40-45-73(90-72-39-20-16-35-66(72)77-75(90)47-44-63-61-33-14-18-37-70(61)89(79(63)77)58-30-11-4-12-31-58)68(49-56)67-50-59(41-42-64(67)82-85-80(53-23-5-1-6-24-53)84-81(86-82)54-25-7-2-8-26-54)87-71-38-19-15-34-65(71)76-74(87)46-43-62-60-32-13-17-36-69(60)88(78(62)76)57-28-9-3-10-29-57/h1-50H. The molecule has 13 aromatic carbocycles. The van der Waals surface area contributed by atoms with E-state index in [1.807, 2.05) is 54.6 Å². The first-order valence-electron chi connectivity index (χ1n) is 30.3. The van der Waals surface area contributed by atoms with Crippen LogP contribution in [-0.2, 0) is 0 Å². The predicted molar refractivity (Wildman–Crippen MR) is 369 cm³/mol. The first kappa shape index (κ1) is 50.8. The van der Waals surface area contributed by atoms with Crippen LogP contribution in [0.25, 0.3) is 166 Å². The van der Waals surface area contributed by atoms with Crippen molar-refractivity contribution in [3.63, 3.8) is 0 Å². The Morgan fingerprint density at radius 1 is 0.256 bits per heavy atom. The highest BCUT2D eigenvalue weighted by atomic mass is 15.1. The number of para-hydroxylation sites is 6. The highest BCUT2D eigenvalue weighted by molar-refractivity contribution is 6.28. The van der Waals surface area contributed by atoms with Crippen LogP contribution in [0.2, 0.25) is 0 Å². The van der Waals surface area contributed by atoms with Crippen molar-refractivity contribution in [3.05, 3.63) is 309 Å². The number of rotatable bonds is 9. The van der Waals surface area contributed by atoms with E-state index in [9.17, 15) is 5.26 Å². The van der Waals surface area contributed by atoms with Gasteiger partial charge in [-0.05, 0) is 120 Å². The minimum atomic E-state index is 0.528. The molecule has 18 rings (SSSR count). The Kier molecular flexibility index (Phi) is 11.5. The van der Waals surface area contributed by atoms with Crippen LogP contribution in [0.4, 0.5) is 0 Å². The van der Waals surface area contributed by atoms with Gasteiger partial charge in [0.15, 0.2) is 17.5 Å². The fourth-order valence-corrected chi connectivity index (χ4v) is 14.2. The number of nitriles is 1. The zero-order valence-electron chi connectivity index (χ0n) is 48.4. The molecule has 0 saturated heterocycles. The van der Waals surface area contributed by atoms with Crippen molar-refractivity contribution in [3.8, 4) is 85.2 Å². The minimum absolute atomic E-state index is 0.528. The number of benzene rings is 13. The van der Waals surface area contributed by atoms with Gasteiger partial charge in [0.2, 0.25) is 0 Å². The number of nitrogens with zero attached hydrogens (tertiary/aromatic N) is 8. The molecule has 5 heterocycles. The summed E-state index contributed by atoms with van der Waals surface area (Å²) < 4.78 is 9.76. The summed E-state index contributed by atoms with van der Waals surface area (Å²) in [5.74, 6) is 1.66. The van der Waals surface area contributed by atoms with E-state index in [1.54, 1.807) is 0 Å². The molecule has 5 aromatic heterocycles. The SMILES string of the molecule is N#Cc1cccc(-c2ccc(-n3c4ccccc4c4c3ccc3c5ccccc5n(-c5ccccc5)c34)c(-c3cc(-n4c5ccccc5c5c4ccc4c6ccccc6n(-c6ccccc6)c45)ccc3-c3nc(-c4ccccc4)nc(-c4ccccc4)n3)c2)c1. The zero-order chi connectivity index (χ0) is 59.4. The topological polar surface area (TPSA) is 82.2 Å². The van der Waals surface area contributed by atoms with Gasteiger partial charge >= 0.3 is 0 Å². The summed E-state index contributed by atoms with van der Waals surface area (Å²) in [7, 11) is 0. The third-order valence-electron chi connectivity index (χ3n) is 18.0. The minimum Gasteiger partial charge on any atom is -0.309 e. The molecule has 418 valence electrons. The second kappa shape index (κ2) is 20.3. The molecule has 0 radical (unpaired) electrons. The Bertz CT molecular complexity index is 5910. The van der Waals surface area contributed by atoms with Crippen LogP contribution in [0.5, 0.6) is 0 Å². The zero-order valence-corrected chi connectivity index (χ0v) is 48.4. The molecule has 8 nitrogen and oxygen atoms in total. The average molecular weight is 1150 g/mol. The predicted octanol–water partition coefficient (Wildman–Crippen LogP) is 20.5. The number of fused-ring (bicyclic) bond motifs is 14. The van der Waals surface area contributed by atoms with Crippen molar-refractivity contribution >= 4 is 87.2 Å². The summed E-state index contributed by atoms with van der Waals surface area (Å²) in [6, 6.07) is 110. The molecule has 0 saturated carbocycles. The summed E-state index contributed by atoms with van der Waals surface area (Å²) in [5.41, 5.74) is 19.8. The number of hydrogen-bond donors (Lipinski definition) is 0. The maximum Gasteiger partial charge on any atom is 0.164 e. The van der Waals surface area contributed by atoms with E-state index >= 15 is 0 Å². The Balaban J connectivity index is 0.983. The van der Waals surface area contributed by atoms with Crippen molar-refractivity contribution in [2.45, 2.75) is 0 Å². The fourth-order valence-electron chi connectivity index (χ4n) is 14.2. The molecule has 0 N–H and O–H groups in total. The van der Waals surface area contributed by atoms with Crippen molar-refractivity contribution in [2.24, 2.45) is 0 Å². The fraction of sp³-hybridized carbons (Fsp3) is 0. The van der Waals surface area contributed by atoms with Crippen molar-refractivity contribution in [2.75, 3.05) is 0 Å². The van der Waals surface area contributed by atoms with E-state index in [-0.39, 0.29) is 0 Å². The molecular formula is C82H50N8. The highest BCUT2D eigenvalue weighted by Gasteiger charge is 2.27. The van der Waals surface area contributed by atoms with E-state index in [0.717, 1.165) is 127 Å². The highest BCUT2D eigenvalue weighted by Crippen LogP contribution is 2.48. The smallest absolute Gasteiger partial charge is 0.164 e. The molecule has 0 atom stereocenters. The van der Waals surface area contributed by atoms with Crippen molar-refractivity contribution < 1.29 is 0 Å². The Hall–Kier alpha value is -12.4. The number of aromatic nitrogens is 7. The van der Waals surface area contributed by atoms with Gasteiger partial charge in [0.25, 0.3) is 0 Å². The van der Waals surface area contributed by atoms with Gasteiger partial charge in [0.1, 0.15) is 0 Å². The van der Waals surface area contributed by atoms with Gasteiger partial charge in [0, 0.05) is 82.4 Å². The van der Waals surface area contributed by atoms with Crippen LogP contribution in [0.1, 0.15) is 5.56 Å². The third kappa shape index (κ3) is 7.83. The summed E-state index contributed by atoms with van der Waals surface area (Å²) in [4.78, 5) is 16.2. The van der Waals surface area contributed by atoms with Crippen LogP contribution in [0.15, 0.2) is 303 Å². The van der Waals surface area contributed by atoms with Gasteiger partial charge in [-0.15, -0.1) is 0 Å². The lowest BCUT2D eigenvalue weighted by Gasteiger charge is -2.20. The Morgan fingerprint density at radius 3 is 1.24 bits per heavy atom. The van der Waals surface area contributed by atoms with Gasteiger partial charge in [-0.1, -0.05) is 200 Å². The summed E-state index contributed by atoms with van der Waals surface area (Å²) in [5, 5.41) is 19.7. The van der Waals surface area contributed by atoms with Gasteiger partial charge in [-0.25, -0.2) is 15.0 Å². The molecule has 0 amide bonds. The van der Waals surface area contributed by atoms with Crippen LogP contribution < -0.4 is 0 Å². The van der Waals surface area contributed by atoms with E-state index in [0.29, 0.717) is 23.0 Å². The monoisotopic (exact) mass is 1150 g/mol. The third-order valence-corrected chi connectivity index (χ3v) is 18.0. The molecule has 0 spiro atoms. The first-order valence-corrected chi connectivity index (χ1v) is 30.3. The average Bonchev–Trinajstić information content (AvgIpc) is 1.56. The second-order valence-corrected chi connectivity index (χ2v) is 23.0. The van der Waals surface area contributed by atoms with Crippen LogP contribution >= 0.6 is 0 Å². The van der Waals surface area contributed by atoms with Crippen LogP contribution in [0.3, 0.4) is 0 Å². The van der Waals surface area contributed by atoms with Gasteiger partial charge in [0.05, 0.1) is 61.5 Å². The first-order chi connectivity index (χ1) is 44.6. The van der Waals surface area contributed by atoms with E-state index in [4.69, 9.17) is 15.0 Å². The Labute approximate surface area is 516 Å². The molecule has 0 fully saturated rings. The molecule has 8 heteroatoms. The molecule has 0 unspecified atom stereocenters. The van der Waals surface area contributed by atoms with Crippen molar-refractivity contribution in [1.29, 1.82) is 5.26 Å². The van der Waals surface area contributed by atoms with E-state index in [1.165, 1.54) is 21.5 Å². The lowest BCUT2D eigenvalue weighted by molar-refractivity contribution is 1.07. The number of hydrogen-bond acceptors (Lipinski definition) is 4. The van der Waals surface area contributed by atoms with E-state index in [2.05, 4.69) is 273 Å². The molecule has 0 aliphatic heterocycles. The maximum atomic E-state index is 10.4. The summed E-state index contributed by atoms with van der Waals surface area (Å²) in [6.45, 7) is 0. The quantitative estimate of drug-likeness (QED) is 0.144. The normalized spacial score (nSPS) is 11.8. The van der Waals surface area contributed by atoms with Crippen molar-refractivity contribution in [1.82, 2.24) is 33.2 Å². The maximum absolute atomic E-state index is 10.4. The summed E-state index contributed by atoms with van der Waals surface area (Å²) >= 11 is 0. The van der Waals surface area contributed by atoms with Gasteiger partial charge < -0.3 is 18.3 Å². The Morgan fingerprint density at radius 2 is 0.700 bits per heavy atom. The lowest BCUT2D eigenvalue weighted by atomic mass is 9.92. The van der Waals surface area contributed by atoms with Crippen LogP contribution in [-0.4, -0.2) is 33.2 Å². The molecule has 18 aromatic rings. The second-order valence-electron chi connectivity index (χ2n) is 23.0.